The zero-order chi connectivity index (χ0) is 28.4. The number of alkyl halides is 2. The summed E-state index contributed by atoms with van der Waals surface area (Å²) in [7, 11) is -3.24. The van der Waals surface area contributed by atoms with Gasteiger partial charge in [0.15, 0.2) is 0 Å². The third-order valence-electron chi connectivity index (χ3n) is 6.71. The molecule has 0 bridgehead atoms. The number of halogens is 2. The van der Waals surface area contributed by atoms with Crippen LogP contribution in [0, 0.1) is 13.8 Å². The molecule has 1 unspecified atom stereocenters. The molecule has 2 N–H and O–H groups in total. The van der Waals surface area contributed by atoms with Gasteiger partial charge in [0.1, 0.15) is 5.82 Å². The molecule has 2 aromatic carbocycles. The van der Waals surface area contributed by atoms with Crippen molar-refractivity contribution in [3.05, 3.63) is 71.4 Å². The van der Waals surface area contributed by atoms with Crippen LogP contribution in [0.1, 0.15) is 40.7 Å². The highest BCUT2D eigenvalue weighted by molar-refractivity contribution is 7.93. The van der Waals surface area contributed by atoms with Gasteiger partial charge in [-0.2, -0.15) is 0 Å². The molecule has 39 heavy (non-hydrogen) atoms. The highest BCUT2D eigenvalue weighted by atomic mass is 32.2. The van der Waals surface area contributed by atoms with Crippen LogP contribution in [0.2, 0.25) is 0 Å². The zero-order valence-corrected chi connectivity index (χ0v) is 22.7. The van der Waals surface area contributed by atoms with Gasteiger partial charge in [0, 0.05) is 54.5 Å². The summed E-state index contributed by atoms with van der Waals surface area (Å²) in [5, 5.41) is 11.8. The first kappa shape index (κ1) is 28.2. The quantitative estimate of drug-likeness (QED) is 0.377. The van der Waals surface area contributed by atoms with Crippen LogP contribution < -0.4 is 10.2 Å². The molecule has 1 aromatic heterocycles. The average molecular weight is 557 g/mol. The molecule has 0 radical (unpaired) electrons. The van der Waals surface area contributed by atoms with Crippen LogP contribution in [0.3, 0.4) is 0 Å². The number of nitrogens with zero attached hydrogens (tertiary/aromatic N) is 3. The van der Waals surface area contributed by atoms with Crippen LogP contribution in [0.25, 0.3) is 11.1 Å². The summed E-state index contributed by atoms with van der Waals surface area (Å²) in [5.74, 6) is -2.98. The number of amides is 2. The van der Waals surface area contributed by atoms with E-state index in [4.69, 9.17) is 5.11 Å². The molecule has 1 aliphatic rings. The summed E-state index contributed by atoms with van der Waals surface area (Å²) in [6.45, 7) is 4.14. The Hall–Kier alpha value is -3.86. The van der Waals surface area contributed by atoms with Crippen molar-refractivity contribution in [1.82, 2.24) is 4.98 Å². The number of anilines is 2. The van der Waals surface area contributed by atoms with Gasteiger partial charge >= 0.3 is 6.09 Å². The largest absolute Gasteiger partial charge is 0.463 e. The molecule has 2 amide bonds. The van der Waals surface area contributed by atoms with Crippen LogP contribution >= 0.6 is 0 Å². The lowest BCUT2D eigenvalue weighted by molar-refractivity contribution is -0.0102. The monoisotopic (exact) mass is 556 g/mol. The Labute approximate surface area is 226 Å². The Kier molecular flexibility index (Phi) is 8.01. The first-order valence-corrected chi connectivity index (χ1v) is 14.3. The highest BCUT2D eigenvalue weighted by Crippen LogP contribution is 2.35. The second kappa shape index (κ2) is 11.1. The lowest BCUT2D eigenvalue weighted by atomic mass is 9.97. The predicted octanol–water partition coefficient (Wildman–Crippen LogP) is 6.38. The van der Waals surface area contributed by atoms with Crippen molar-refractivity contribution in [1.29, 1.82) is 0 Å². The fraction of sp³-hybridized carbons (Fsp3) is 0.321. The molecule has 1 saturated heterocycles. The highest BCUT2D eigenvalue weighted by Gasteiger charge is 2.33. The van der Waals surface area contributed by atoms with E-state index in [0.29, 0.717) is 17.9 Å². The number of nitrogens with one attached hydrogen (secondary N) is 1. The standard InChI is InChI=1S/C28H30F2N4O4S/c1-18-8-10-20(11-9-18)23-17-31-25(34-14-5-12-28(29,30)13-15-34)24(19(23)2)26(35)32-21-6-4-7-22(16-21)39(3,38)33-27(36)37/h4,6-11,16-17H,5,12-15H2,1-3H3,(H,32,35)(H,36,37). The topological polar surface area (TPSA) is 112 Å². The molecular formula is C28H30F2N4O4S. The van der Waals surface area contributed by atoms with E-state index >= 15 is 0 Å². The molecule has 1 aliphatic heterocycles. The molecule has 206 valence electrons. The molecule has 0 aliphatic carbocycles. The fourth-order valence-corrected chi connectivity index (χ4v) is 5.69. The third-order valence-corrected chi connectivity index (χ3v) is 8.34. The van der Waals surface area contributed by atoms with Gasteiger partial charge in [0.2, 0.25) is 5.92 Å². The molecule has 3 aromatic rings. The molecule has 0 spiro atoms. The van der Waals surface area contributed by atoms with Gasteiger partial charge in [-0.1, -0.05) is 35.9 Å². The van der Waals surface area contributed by atoms with Gasteiger partial charge in [-0.25, -0.2) is 22.8 Å². The smallest absolute Gasteiger partial charge is 0.439 e. The summed E-state index contributed by atoms with van der Waals surface area (Å²) in [4.78, 5) is 31.3. The normalized spacial score (nSPS) is 16.6. The summed E-state index contributed by atoms with van der Waals surface area (Å²) in [5.41, 5.74) is 3.82. The number of pyridine rings is 1. The van der Waals surface area contributed by atoms with Crippen LogP contribution in [-0.2, 0) is 9.73 Å². The van der Waals surface area contributed by atoms with Crippen molar-refractivity contribution < 1.29 is 27.7 Å². The van der Waals surface area contributed by atoms with E-state index in [9.17, 15) is 22.6 Å². The molecular weight excluding hydrogens is 526 g/mol. The van der Waals surface area contributed by atoms with Crippen LogP contribution in [0.4, 0.5) is 25.1 Å². The van der Waals surface area contributed by atoms with Crippen LogP contribution in [0.5, 0.6) is 0 Å². The maximum Gasteiger partial charge on any atom is 0.439 e. The third kappa shape index (κ3) is 6.59. The number of carbonyl (C=O) groups is 2. The predicted molar refractivity (Wildman–Crippen MR) is 147 cm³/mol. The van der Waals surface area contributed by atoms with E-state index in [0.717, 1.165) is 16.7 Å². The first-order valence-electron chi connectivity index (χ1n) is 12.4. The minimum atomic E-state index is -3.24. The van der Waals surface area contributed by atoms with Crippen molar-refractivity contribution in [3.8, 4) is 11.1 Å². The maximum atomic E-state index is 14.1. The lowest BCUT2D eigenvalue weighted by Crippen LogP contribution is -2.30. The SMILES string of the molecule is Cc1ccc(-c2cnc(N3CCCC(F)(F)CC3)c(C(=O)Nc3cccc(S(C)(=O)=NC(=O)O)c3)c2C)cc1. The number of carbonyl (C=O) groups excluding carboxylic acids is 1. The summed E-state index contributed by atoms with van der Waals surface area (Å²) >= 11 is 0. The van der Waals surface area contributed by atoms with E-state index in [-0.39, 0.29) is 42.0 Å². The van der Waals surface area contributed by atoms with Crippen molar-refractivity contribution in [3.63, 3.8) is 0 Å². The molecule has 8 nitrogen and oxygen atoms in total. The van der Waals surface area contributed by atoms with Crippen molar-refractivity contribution in [2.24, 2.45) is 4.36 Å². The molecule has 11 heteroatoms. The molecule has 2 heterocycles. The maximum absolute atomic E-state index is 14.1. The average Bonchev–Trinajstić information content (AvgIpc) is 3.04. The van der Waals surface area contributed by atoms with E-state index in [1.165, 1.54) is 24.5 Å². The van der Waals surface area contributed by atoms with Gasteiger partial charge in [-0.05, 0) is 49.6 Å². The Morgan fingerprint density at radius 3 is 2.51 bits per heavy atom. The Morgan fingerprint density at radius 2 is 1.82 bits per heavy atom. The molecule has 1 atom stereocenters. The Morgan fingerprint density at radius 1 is 1.10 bits per heavy atom. The zero-order valence-electron chi connectivity index (χ0n) is 21.9. The fourth-order valence-electron chi connectivity index (χ4n) is 4.61. The van der Waals surface area contributed by atoms with Crippen molar-refractivity contribution in [2.45, 2.75) is 43.9 Å². The number of aryl methyl sites for hydroxylation is 1. The van der Waals surface area contributed by atoms with Gasteiger partial charge in [-0.3, -0.25) is 4.79 Å². The van der Waals surface area contributed by atoms with E-state index < -0.39 is 27.7 Å². The number of hydrogen-bond acceptors (Lipinski definition) is 5. The minimum Gasteiger partial charge on any atom is -0.463 e. The van der Waals surface area contributed by atoms with Gasteiger partial charge in [0.25, 0.3) is 5.91 Å². The van der Waals surface area contributed by atoms with E-state index in [2.05, 4.69) is 14.7 Å². The Balaban J connectivity index is 1.77. The summed E-state index contributed by atoms with van der Waals surface area (Å²) in [6.07, 6.45) is 1.00. The number of rotatable bonds is 5. The number of hydrogen-bond donors (Lipinski definition) is 2. The van der Waals surface area contributed by atoms with E-state index in [1.54, 1.807) is 24.1 Å². The number of aromatic nitrogens is 1. The molecule has 1 fully saturated rings. The van der Waals surface area contributed by atoms with E-state index in [1.807, 2.05) is 31.2 Å². The second-order valence-corrected chi connectivity index (χ2v) is 12.0. The second-order valence-electron chi connectivity index (χ2n) is 9.72. The van der Waals surface area contributed by atoms with Crippen LogP contribution in [-0.4, -0.2) is 51.6 Å². The molecule has 0 saturated carbocycles. The van der Waals surface area contributed by atoms with Crippen LogP contribution in [0.15, 0.2) is 64.0 Å². The van der Waals surface area contributed by atoms with Gasteiger partial charge in [0.05, 0.1) is 15.3 Å². The first-order chi connectivity index (χ1) is 18.4. The Bertz CT molecular complexity index is 1530. The van der Waals surface area contributed by atoms with Crippen molar-refractivity contribution >= 4 is 33.2 Å². The van der Waals surface area contributed by atoms with Crippen molar-refractivity contribution in [2.75, 3.05) is 29.6 Å². The number of carboxylic acid groups (broad SMARTS) is 1. The number of benzene rings is 2. The summed E-state index contributed by atoms with van der Waals surface area (Å²) < 4.78 is 44.3. The lowest BCUT2D eigenvalue weighted by Gasteiger charge is -2.26. The van der Waals surface area contributed by atoms with Gasteiger partial charge in [-0.15, -0.1) is 4.36 Å². The summed E-state index contributed by atoms with van der Waals surface area (Å²) in [6, 6.07) is 13.8. The molecule has 4 rings (SSSR count). The minimum absolute atomic E-state index is 0.0493. The van der Waals surface area contributed by atoms with Gasteiger partial charge < -0.3 is 15.3 Å².